The molecule has 0 radical (unpaired) electrons. The molecule has 0 bridgehead atoms. The van der Waals surface area contributed by atoms with Gasteiger partial charge in [-0.2, -0.15) is 0 Å². The van der Waals surface area contributed by atoms with Crippen molar-refractivity contribution in [2.45, 2.75) is 5.75 Å². The molecule has 2 aromatic carbocycles. The third-order valence-corrected chi connectivity index (χ3v) is 4.50. The smallest absolute Gasteiger partial charge is 0.161 e. The summed E-state index contributed by atoms with van der Waals surface area (Å²) in [6.07, 6.45) is 0. The Kier molecular flexibility index (Phi) is 6.15. The molecule has 0 unspecified atom stereocenters. The van der Waals surface area contributed by atoms with Crippen molar-refractivity contribution in [3.8, 4) is 11.5 Å². The number of amidine groups is 1. The van der Waals surface area contributed by atoms with Crippen LogP contribution in [0.1, 0.15) is 5.56 Å². The minimum Gasteiger partial charge on any atom is -0.493 e. The molecule has 0 aliphatic rings. The highest BCUT2D eigenvalue weighted by molar-refractivity contribution is 9.10. The van der Waals surface area contributed by atoms with E-state index in [4.69, 9.17) is 15.2 Å². The molecular weight excluding hydrogens is 364 g/mol. The fraction of sp³-hybridized carbons (Fsp3) is 0.188. The number of aliphatic imine (C=N–C) groups is 1. The maximum Gasteiger partial charge on any atom is 0.161 e. The Morgan fingerprint density at radius 3 is 2.41 bits per heavy atom. The molecule has 0 aliphatic heterocycles. The number of hydrogen-bond acceptors (Lipinski definition) is 4. The summed E-state index contributed by atoms with van der Waals surface area (Å²) >= 11 is 5.01. The number of hydrogen-bond donors (Lipinski definition) is 1. The van der Waals surface area contributed by atoms with Gasteiger partial charge in [-0.3, -0.25) is 0 Å². The normalized spacial score (nSPS) is 11.3. The predicted molar refractivity (Wildman–Crippen MR) is 96.3 cm³/mol. The molecule has 0 saturated heterocycles. The zero-order valence-electron chi connectivity index (χ0n) is 12.4. The van der Waals surface area contributed by atoms with Gasteiger partial charge >= 0.3 is 0 Å². The Hall–Kier alpha value is -1.66. The molecule has 0 amide bonds. The molecule has 0 saturated carbocycles. The average Bonchev–Trinajstić information content (AvgIpc) is 2.54. The first-order valence-corrected chi connectivity index (χ1v) is 8.34. The molecule has 0 fully saturated rings. The number of thioether (sulfide) groups is 1. The van der Waals surface area contributed by atoms with E-state index in [-0.39, 0.29) is 0 Å². The molecule has 116 valence electrons. The van der Waals surface area contributed by atoms with E-state index in [9.17, 15) is 0 Å². The van der Waals surface area contributed by atoms with Gasteiger partial charge in [0.05, 0.1) is 19.9 Å². The molecule has 0 atom stereocenters. The molecule has 2 N–H and O–H groups in total. The molecule has 22 heavy (non-hydrogen) atoms. The Balaban J connectivity index is 2.09. The minimum atomic E-state index is 0.521. The van der Waals surface area contributed by atoms with E-state index in [1.807, 2.05) is 42.5 Å². The van der Waals surface area contributed by atoms with E-state index in [1.54, 1.807) is 14.2 Å². The predicted octanol–water partition coefficient (Wildman–Crippen LogP) is 4.35. The lowest BCUT2D eigenvalue weighted by molar-refractivity contribution is 0.354. The van der Waals surface area contributed by atoms with Crippen molar-refractivity contribution in [3.63, 3.8) is 0 Å². The summed E-state index contributed by atoms with van der Waals surface area (Å²) in [5.41, 5.74) is 7.88. The summed E-state index contributed by atoms with van der Waals surface area (Å²) in [6.45, 7) is 0. The van der Waals surface area contributed by atoms with E-state index >= 15 is 0 Å². The molecule has 0 spiro atoms. The lowest BCUT2D eigenvalue weighted by atomic mass is 10.2. The van der Waals surface area contributed by atoms with Gasteiger partial charge in [-0.05, 0) is 29.8 Å². The molecular formula is C16H17BrN2O2S. The van der Waals surface area contributed by atoms with Crippen molar-refractivity contribution in [1.82, 2.24) is 0 Å². The number of para-hydroxylation sites is 1. The Labute approximate surface area is 142 Å². The number of nitrogens with zero attached hydrogens (tertiary/aromatic N) is 1. The first-order chi connectivity index (χ1) is 10.6. The van der Waals surface area contributed by atoms with Gasteiger partial charge in [0.25, 0.3) is 0 Å². The largest absolute Gasteiger partial charge is 0.493 e. The standard InChI is InChI=1S/C16H17BrN2O2S/c1-20-14-8-11(13(17)9-15(14)21-2)10-22-16(18)19-12-6-4-3-5-7-12/h3-9H,10H2,1-2H3,(H2,18,19). The molecule has 0 aromatic heterocycles. The van der Waals surface area contributed by atoms with Crippen molar-refractivity contribution < 1.29 is 9.47 Å². The second kappa shape index (κ2) is 8.10. The number of methoxy groups -OCH3 is 2. The molecule has 0 heterocycles. The van der Waals surface area contributed by atoms with E-state index in [0.29, 0.717) is 22.4 Å². The summed E-state index contributed by atoms with van der Waals surface area (Å²) in [5.74, 6) is 2.07. The van der Waals surface area contributed by atoms with Crippen LogP contribution in [0.5, 0.6) is 11.5 Å². The zero-order chi connectivity index (χ0) is 15.9. The molecule has 2 aromatic rings. The maximum atomic E-state index is 5.97. The SMILES string of the molecule is COc1cc(Br)c(CSC(N)=Nc2ccccc2)cc1OC. The highest BCUT2D eigenvalue weighted by atomic mass is 79.9. The van der Waals surface area contributed by atoms with E-state index in [1.165, 1.54) is 11.8 Å². The summed E-state index contributed by atoms with van der Waals surface area (Å²) in [7, 11) is 3.23. The van der Waals surface area contributed by atoms with Crippen LogP contribution >= 0.6 is 27.7 Å². The lowest BCUT2D eigenvalue weighted by Crippen LogP contribution is -2.06. The van der Waals surface area contributed by atoms with Gasteiger partial charge in [0.1, 0.15) is 0 Å². The van der Waals surface area contributed by atoms with Gasteiger partial charge in [-0.15, -0.1) is 0 Å². The number of halogens is 1. The fourth-order valence-electron chi connectivity index (χ4n) is 1.82. The van der Waals surface area contributed by atoms with Crippen LogP contribution in [0.15, 0.2) is 51.9 Å². The van der Waals surface area contributed by atoms with Crippen LogP contribution in [0.2, 0.25) is 0 Å². The summed E-state index contributed by atoms with van der Waals surface area (Å²) in [4.78, 5) is 4.37. The summed E-state index contributed by atoms with van der Waals surface area (Å²) in [5, 5.41) is 0.521. The quantitative estimate of drug-likeness (QED) is 0.618. The van der Waals surface area contributed by atoms with Crippen LogP contribution in [-0.4, -0.2) is 19.4 Å². The molecule has 0 aliphatic carbocycles. The third kappa shape index (κ3) is 4.42. The topological polar surface area (TPSA) is 56.8 Å². The number of nitrogens with two attached hydrogens (primary N) is 1. The second-order valence-corrected chi connectivity index (χ2v) is 6.22. The Bertz CT molecular complexity index is 663. The first kappa shape index (κ1) is 16.7. The number of ether oxygens (including phenoxy) is 2. The van der Waals surface area contributed by atoms with Gasteiger partial charge in [0.2, 0.25) is 0 Å². The average molecular weight is 381 g/mol. The van der Waals surface area contributed by atoms with Crippen LogP contribution in [-0.2, 0) is 5.75 Å². The monoisotopic (exact) mass is 380 g/mol. The van der Waals surface area contributed by atoms with Crippen LogP contribution in [0.4, 0.5) is 5.69 Å². The summed E-state index contributed by atoms with van der Waals surface area (Å²) < 4.78 is 11.5. The van der Waals surface area contributed by atoms with Crippen molar-refractivity contribution in [2.24, 2.45) is 10.7 Å². The highest BCUT2D eigenvalue weighted by Gasteiger charge is 2.10. The van der Waals surface area contributed by atoms with Crippen LogP contribution in [0, 0.1) is 0 Å². The van der Waals surface area contributed by atoms with Gasteiger partial charge in [0, 0.05) is 10.2 Å². The van der Waals surface area contributed by atoms with Crippen LogP contribution < -0.4 is 15.2 Å². The molecule has 2 rings (SSSR count). The van der Waals surface area contributed by atoms with Crippen molar-refractivity contribution >= 4 is 38.5 Å². The van der Waals surface area contributed by atoms with E-state index in [0.717, 1.165) is 15.7 Å². The van der Waals surface area contributed by atoms with Gasteiger partial charge in [0.15, 0.2) is 16.7 Å². The summed E-state index contributed by atoms with van der Waals surface area (Å²) in [6, 6.07) is 13.5. The lowest BCUT2D eigenvalue weighted by Gasteiger charge is -2.11. The van der Waals surface area contributed by atoms with Gasteiger partial charge in [-0.1, -0.05) is 45.9 Å². The second-order valence-electron chi connectivity index (χ2n) is 4.37. The van der Waals surface area contributed by atoms with Gasteiger partial charge < -0.3 is 15.2 Å². The van der Waals surface area contributed by atoms with E-state index in [2.05, 4.69) is 20.9 Å². The fourth-order valence-corrected chi connectivity index (χ4v) is 3.18. The molecule has 4 nitrogen and oxygen atoms in total. The Morgan fingerprint density at radius 1 is 1.14 bits per heavy atom. The van der Waals surface area contributed by atoms with Crippen molar-refractivity contribution in [3.05, 3.63) is 52.5 Å². The minimum absolute atomic E-state index is 0.521. The zero-order valence-corrected chi connectivity index (χ0v) is 14.8. The van der Waals surface area contributed by atoms with Crippen molar-refractivity contribution in [2.75, 3.05) is 14.2 Å². The highest BCUT2D eigenvalue weighted by Crippen LogP contribution is 2.35. The van der Waals surface area contributed by atoms with Crippen molar-refractivity contribution in [1.29, 1.82) is 0 Å². The third-order valence-electron chi connectivity index (χ3n) is 2.92. The van der Waals surface area contributed by atoms with Crippen LogP contribution in [0.3, 0.4) is 0 Å². The van der Waals surface area contributed by atoms with Gasteiger partial charge in [-0.25, -0.2) is 4.99 Å². The Morgan fingerprint density at radius 2 is 1.77 bits per heavy atom. The number of rotatable bonds is 5. The number of benzene rings is 2. The first-order valence-electron chi connectivity index (χ1n) is 6.56. The molecule has 6 heteroatoms. The maximum absolute atomic E-state index is 5.97. The van der Waals surface area contributed by atoms with Crippen LogP contribution in [0.25, 0.3) is 0 Å². The van der Waals surface area contributed by atoms with E-state index < -0.39 is 0 Å².